The second-order valence-corrected chi connectivity index (χ2v) is 5.08. The zero-order valence-corrected chi connectivity index (χ0v) is 10.4. The second kappa shape index (κ2) is 5.32. The Morgan fingerprint density at radius 1 is 1.33 bits per heavy atom. The summed E-state index contributed by atoms with van der Waals surface area (Å²) in [5.41, 5.74) is 1.70. The number of hydrogen-bond acceptors (Lipinski definition) is 1. The lowest BCUT2D eigenvalue weighted by Gasteiger charge is -2.24. The first-order valence-corrected chi connectivity index (χ1v) is 5.80. The Kier molecular flexibility index (Phi) is 4.34. The van der Waals surface area contributed by atoms with Crippen LogP contribution in [0.4, 0.5) is 0 Å². The molecule has 1 atom stereocenters. The maximum Gasteiger partial charge on any atom is 0.0442 e. The van der Waals surface area contributed by atoms with E-state index in [9.17, 15) is 0 Å². The van der Waals surface area contributed by atoms with Gasteiger partial charge in [-0.25, -0.2) is 0 Å². The van der Waals surface area contributed by atoms with Gasteiger partial charge >= 0.3 is 0 Å². The molecule has 1 heteroatoms. The third kappa shape index (κ3) is 4.48. The van der Waals surface area contributed by atoms with Crippen molar-refractivity contribution in [3.8, 4) is 0 Å². The molecule has 0 amide bonds. The summed E-state index contributed by atoms with van der Waals surface area (Å²) in [5.74, 6) is 0. The molecule has 1 rings (SSSR count). The van der Waals surface area contributed by atoms with Crippen molar-refractivity contribution in [1.29, 1.82) is 0 Å². The summed E-state index contributed by atoms with van der Waals surface area (Å²) < 4.78 is 0. The Labute approximate surface area is 94.0 Å². The van der Waals surface area contributed by atoms with Crippen LogP contribution in [0.5, 0.6) is 0 Å². The average molecular weight is 205 g/mol. The van der Waals surface area contributed by atoms with Gasteiger partial charge in [-0.3, -0.25) is 0 Å². The Bertz CT molecular complexity index is 282. The maximum absolute atomic E-state index is 3.57. The van der Waals surface area contributed by atoms with Crippen molar-refractivity contribution in [2.24, 2.45) is 5.41 Å². The van der Waals surface area contributed by atoms with E-state index in [0.717, 1.165) is 6.54 Å². The van der Waals surface area contributed by atoms with Crippen LogP contribution in [0.2, 0.25) is 0 Å². The van der Waals surface area contributed by atoms with Crippen LogP contribution in [0.15, 0.2) is 36.0 Å². The third-order valence-corrected chi connectivity index (χ3v) is 3.02. The van der Waals surface area contributed by atoms with Crippen LogP contribution in [0.3, 0.4) is 0 Å². The van der Waals surface area contributed by atoms with Gasteiger partial charge in [-0.1, -0.05) is 56.7 Å². The van der Waals surface area contributed by atoms with Crippen LogP contribution in [-0.4, -0.2) is 12.6 Å². The van der Waals surface area contributed by atoms with Crippen molar-refractivity contribution >= 4 is 0 Å². The highest BCUT2D eigenvalue weighted by molar-refractivity contribution is 5.28. The van der Waals surface area contributed by atoms with Crippen molar-refractivity contribution in [3.05, 3.63) is 36.0 Å². The molecule has 0 aliphatic heterocycles. The molecular weight excluding hydrogens is 182 g/mol. The molecule has 1 unspecified atom stereocenters. The Hall–Kier alpha value is -0.820. The van der Waals surface area contributed by atoms with E-state index in [4.69, 9.17) is 0 Å². The molecule has 0 spiro atoms. The Balaban J connectivity index is 2.45. The maximum atomic E-state index is 3.57. The average Bonchev–Trinajstić information content (AvgIpc) is 2.40. The van der Waals surface area contributed by atoms with Gasteiger partial charge in [-0.15, -0.1) is 0 Å². The predicted molar refractivity (Wildman–Crippen MR) is 67.9 cm³/mol. The van der Waals surface area contributed by atoms with Gasteiger partial charge in [0.2, 0.25) is 0 Å². The quantitative estimate of drug-likeness (QED) is 0.741. The number of rotatable bonds is 4. The highest BCUT2D eigenvalue weighted by Crippen LogP contribution is 2.18. The van der Waals surface area contributed by atoms with Crippen LogP contribution >= 0.6 is 0 Å². The van der Waals surface area contributed by atoms with E-state index in [0.29, 0.717) is 11.5 Å². The van der Waals surface area contributed by atoms with Crippen molar-refractivity contribution in [2.45, 2.75) is 40.2 Å². The molecule has 0 saturated heterocycles. The van der Waals surface area contributed by atoms with Crippen LogP contribution in [0, 0.1) is 5.41 Å². The monoisotopic (exact) mass is 205 g/mol. The van der Waals surface area contributed by atoms with Crippen LogP contribution < -0.4 is 5.32 Å². The lowest BCUT2D eigenvalue weighted by atomic mass is 9.90. The number of nitrogens with one attached hydrogen (secondary N) is 1. The molecule has 1 aliphatic rings. The minimum atomic E-state index is 0.379. The molecular formula is C14H23N. The lowest BCUT2D eigenvalue weighted by Crippen LogP contribution is -2.34. The molecule has 0 radical (unpaired) electrons. The van der Waals surface area contributed by atoms with Gasteiger partial charge in [0, 0.05) is 12.6 Å². The van der Waals surface area contributed by atoms with Gasteiger partial charge in [0.25, 0.3) is 0 Å². The fourth-order valence-electron chi connectivity index (χ4n) is 1.36. The van der Waals surface area contributed by atoms with E-state index >= 15 is 0 Å². The first-order valence-electron chi connectivity index (χ1n) is 5.80. The highest BCUT2D eigenvalue weighted by Gasteiger charge is 2.15. The summed E-state index contributed by atoms with van der Waals surface area (Å²) in [6.07, 6.45) is 12.1. The molecule has 0 aromatic heterocycles. The molecule has 0 saturated carbocycles. The van der Waals surface area contributed by atoms with Gasteiger partial charge in [-0.05, 0) is 18.8 Å². The molecule has 15 heavy (non-hydrogen) atoms. The third-order valence-electron chi connectivity index (χ3n) is 3.02. The smallest absolute Gasteiger partial charge is 0.0442 e. The Morgan fingerprint density at radius 3 is 2.73 bits per heavy atom. The topological polar surface area (TPSA) is 12.0 Å². The van der Waals surface area contributed by atoms with E-state index in [1.807, 2.05) is 0 Å². The first-order chi connectivity index (χ1) is 7.03. The summed E-state index contributed by atoms with van der Waals surface area (Å²) >= 11 is 0. The SMILES string of the molecule is CCC(C)(C)CNC1C=CC=C(C)C=C1. The molecule has 0 aromatic carbocycles. The summed E-state index contributed by atoms with van der Waals surface area (Å²) in [7, 11) is 0. The summed E-state index contributed by atoms with van der Waals surface area (Å²) in [6.45, 7) is 10.0. The highest BCUT2D eigenvalue weighted by atomic mass is 14.9. The lowest BCUT2D eigenvalue weighted by molar-refractivity contribution is 0.326. The molecule has 0 bridgehead atoms. The van der Waals surface area contributed by atoms with Gasteiger partial charge in [0.15, 0.2) is 0 Å². The van der Waals surface area contributed by atoms with Gasteiger partial charge < -0.3 is 5.32 Å². The van der Waals surface area contributed by atoms with E-state index < -0.39 is 0 Å². The predicted octanol–water partition coefficient (Wildman–Crippen LogP) is 3.45. The molecule has 1 aliphatic carbocycles. The number of hydrogen-bond donors (Lipinski definition) is 1. The van der Waals surface area contributed by atoms with Crippen LogP contribution in [0.1, 0.15) is 34.1 Å². The zero-order valence-electron chi connectivity index (χ0n) is 10.4. The van der Waals surface area contributed by atoms with Gasteiger partial charge in [0.1, 0.15) is 0 Å². The molecule has 1 N–H and O–H groups in total. The largest absolute Gasteiger partial charge is 0.307 e. The first kappa shape index (κ1) is 12.3. The minimum absolute atomic E-state index is 0.379. The van der Waals surface area contributed by atoms with Crippen molar-refractivity contribution < 1.29 is 0 Å². The summed E-state index contributed by atoms with van der Waals surface area (Å²) in [4.78, 5) is 0. The summed E-state index contributed by atoms with van der Waals surface area (Å²) in [6, 6.07) is 0.379. The molecule has 84 valence electrons. The number of allylic oxidation sites excluding steroid dienone is 4. The fraction of sp³-hybridized carbons (Fsp3) is 0.571. The minimum Gasteiger partial charge on any atom is -0.307 e. The Morgan fingerprint density at radius 2 is 2.07 bits per heavy atom. The van der Waals surface area contributed by atoms with Crippen LogP contribution in [-0.2, 0) is 0 Å². The summed E-state index contributed by atoms with van der Waals surface area (Å²) in [5, 5.41) is 3.57. The fourth-order valence-corrected chi connectivity index (χ4v) is 1.36. The van der Waals surface area contributed by atoms with E-state index in [1.165, 1.54) is 12.0 Å². The van der Waals surface area contributed by atoms with E-state index in [1.54, 1.807) is 0 Å². The van der Waals surface area contributed by atoms with E-state index in [2.05, 4.69) is 63.4 Å². The van der Waals surface area contributed by atoms with Crippen molar-refractivity contribution in [1.82, 2.24) is 5.32 Å². The zero-order chi connectivity index (χ0) is 11.3. The normalized spacial score (nSPS) is 21.3. The van der Waals surface area contributed by atoms with Crippen molar-refractivity contribution in [2.75, 3.05) is 6.54 Å². The molecule has 0 heterocycles. The van der Waals surface area contributed by atoms with Gasteiger partial charge in [0.05, 0.1) is 0 Å². The van der Waals surface area contributed by atoms with E-state index in [-0.39, 0.29) is 0 Å². The van der Waals surface area contributed by atoms with Crippen molar-refractivity contribution in [3.63, 3.8) is 0 Å². The molecule has 0 fully saturated rings. The molecule has 0 aromatic rings. The van der Waals surface area contributed by atoms with Crippen LogP contribution in [0.25, 0.3) is 0 Å². The van der Waals surface area contributed by atoms with Gasteiger partial charge in [-0.2, -0.15) is 0 Å². The second-order valence-electron chi connectivity index (χ2n) is 5.08. The standard InChI is InChI=1S/C14H23N/c1-5-14(3,4)11-15-13-8-6-7-12(2)9-10-13/h6-10,13,15H,5,11H2,1-4H3. The molecule has 1 nitrogen and oxygen atoms in total.